The summed E-state index contributed by atoms with van der Waals surface area (Å²) in [6.07, 6.45) is 9.07. The van der Waals surface area contributed by atoms with E-state index in [1.807, 2.05) is 68.5 Å². The summed E-state index contributed by atoms with van der Waals surface area (Å²) in [5.41, 5.74) is 5.24. The number of ether oxygens (including phenoxy) is 7. The molecule has 0 amide bonds. The van der Waals surface area contributed by atoms with Crippen LogP contribution >= 0.6 is 0 Å². The molecule has 1 aliphatic rings. The molecular formula is C44H60O8. The molecule has 0 bridgehead atoms. The third kappa shape index (κ3) is 11.7. The highest BCUT2D eigenvalue weighted by molar-refractivity contribution is 5.85. The lowest BCUT2D eigenvalue weighted by Crippen LogP contribution is -2.39. The fourth-order valence-corrected chi connectivity index (χ4v) is 6.97. The number of methoxy groups -OCH3 is 3. The summed E-state index contributed by atoms with van der Waals surface area (Å²) in [6.45, 7) is 13.0. The van der Waals surface area contributed by atoms with Gasteiger partial charge < -0.3 is 33.2 Å². The summed E-state index contributed by atoms with van der Waals surface area (Å²) in [6, 6.07) is 18.1. The van der Waals surface area contributed by atoms with Crippen molar-refractivity contribution in [2.24, 2.45) is 5.92 Å². The van der Waals surface area contributed by atoms with Crippen LogP contribution in [0, 0.1) is 12.8 Å². The summed E-state index contributed by atoms with van der Waals surface area (Å²) in [5, 5.41) is 2.14. The molecule has 0 saturated carbocycles. The van der Waals surface area contributed by atoms with Crippen molar-refractivity contribution in [3.05, 3.63) is 94.6 Å². The van der Waals surface area contributed by atoms with Crippen LogP contribution in [0.25, 0.3) is 10.8 Å². The average molecular weight is 717 g/mol. The van der Waals surface area contributed by atoms with Crippen LogP contribution in [0.1, 0.15) is 95.9 Å². The molecule has 284 valence electrons. The Hall–Kier alpha value is -3.69. The number of fused-ring (bicyclic) bond motifs is 2. The SMILES string of the molecule is COCOc1cc(C)c2c(c1)CC[C@@](C)(CC/C=C(\C)CCC[C@H](C)[C@H](OC(=O)[C@H](OC)c1ccc3ccccc3c1)[C@@H](C=C(C)C)OCOC)O2. The Labute approximate surface area is 311 Å². The second kappa shape index (κ2) is 20.0. The first-order valence-electron chi connectivity index (χ1n) is 18.5. The Bertz CT molecular complexity index is 1660. The molecule has 0 unspecified atom stereocenters. The first-order valence-corrected chi connectivity index (χ1v) is 18.5. The molecule has 1 heterocycles. The molecule has 0 spiro atoms. The molecule has 0 fully saturated rings. The third-order valence-electron chi connectivity index (χ3n) is 9.88. The van der Waals surface area contributed by atoms with Crippen LogP contribution < -0.4 is 9.47 Å². The van der Waals surface area contributed by atoms with Crippen LogP contribution in [0.5, 0.6) is 11.5 Å². The second-order valence-corrected chi connectivity index (χ2v) is 14.7. The molecule has 52 heavy (non-hydrogen) atoms. The first-order chi connectivity index (χ1) is 25.0. The molecule has 0 aliphatic carbocycles. The van der Waals surface area contributed by atoms with Gasteiger partial charge in [-0.3, -0.25) is 0 Å². The van der Waals surface area contributed by atoms with Gasteiger partial charge in [0.15, 0.2) is 12.9 Å². The van der Waals surface area contributed by atoms with Crippen molar-refractivity contribution in [1.29, 1.82) is 0 Å². The van der Waals surface area contributed by atoms with Gasteiger partial charge >= 0.3 is 5.97 Å². The monoisotopic (exact) mass is 716 g/mol. The van der Waals surface area contributed by atoms with Gasteiger partial charge in [-0.2, -0.15) is 0 Å². The minimum absolute atomic E-state index is 0.0154. The zero-order valence-corrected chi connectivity index (χ0v) is 32.8. The largest absolute Gasteiger partial charge is 0.487 e. The zero-order chi connectivity index (χ0) is 37.7. The molecule has 8 heteroatoms. The average Bonchev–Trinajstić information content (AvgIpc) is 3.12. The first kappa shape index (κ1) is 41.1. The molecule has 8 nitrogen and oxygen atoms in total. The van der Waals surface area contributed by atoms with Gasteiger partial charge in [-0.15, -0.1) is 0 Å². The maximum Gasteiger partial charge on any atom is 0.340 e. The molecule has 1 aliphatic heterocycles. The van der Waals surface area contributed by atoms with Gasteiger partial charge in [0.1, 0.15) is 36.1 Å². The van der Waals surface area contributed by atoms with Gasteiger partial charge in [-0.25, -0.2) is 4.79 Å². The van der Waals surface area contributed by atoms with Gasteiger partial charge in [0.25, 0.3) is 0 Å². The Morgan fingerprint density at radius 3 is 2.44 bits per heavy atom. The molecule has 0 saturated heterocycles. The predicted octanol–water partition coefficient (Wildman–Crippen LogP) is 10.0. The normalized spacial score (nSPS) is 18.1. The van der Waals surface area contributed by atoms with Crippen LogP contribution in [-0.4, -0.2) is 58.7 Å². The minimum Gasteiger partial charge on any atom is -0.487 e. The van der Waals surface area contributed by atoms with E-state index in [1.54, 1.807) is 21.3 Å². The topological polar surface area (TPSA) is 81.7 Å². The fourth-order valence-electron chi connectivity index (χ4n) is 6.97. The van der Waals surface area contributed by atoms with Crippen molar-refractivity contribution in [2.45, 2.75) is 110 Å². The van der Waals surface area contributed by atoms with E-state index in [0.29, 0.717) is 0 Å². The number of aryl methyl sites for hydroxylation is 2. The van der Waals surface area contributed by atoms with Crippen LogP contribution in [0.15, 0.2) is 77.9 Å². The maximum atomic E-state index is 13.8. The van der Waals surface area contributed by atoms with Crippen molar-refractivity contribution in [1.82, 2.24) is 0 Å². The molecule has 0 aromatic heterocycles. The Balaban J connectivity index is 1.37. The van der Waals surface area contributed by atoms with Crippen molar-refractivity contribution in [2.75, 3.05) is 34.9 Å². The molecular weight excluding hydrogens is 656 g/mol. The third-order valence-corrected chi connectivity index (χ3v) is 9.88. The fraction of sp³-hybridized carbons (Fsp3) is 0.523. The molecule has 5 atom stereocenters. The maximum absolute atomic E-state index is 13.8. The molecule has 4 rings (SSSR count). The van der Waals surface area contributed by atoms with Gasteiger partial charge in [-0.1, -0.05) is 66.6 Å². The number of allylic oxidation sites excluding steroid dienone is 3. The van der Waals surface area contributed by atoms with Crippen molar-refractivity contribution < 1.29 is 38.0 Å². The quantitative estimate of drug-likeness (QED) is 0.0650. The van der Waals surface area contributed by atoms with E-state index >= 15 is 0 Å². The Morgan fingerprint density at radius 1 is 0.981 bits per heavy atom. The number of rotatable bonds is 20. The Morgan fingerprint density at radius 2 is 1.73 bits per heavy atom. The molecule has 0 radical (unpaired) electrons. The lowest BCUT2D eigenvalue weighted by atomic mass is 9.87. The van der Waals surface area contributed by atoms with E-state index in [-0.39, 0.29) is 25.1 Å². The minimum atomic E-state index is -0.862. The summed E-state index contributed by atoms with van der Waals surface area (Å²) in [5.74, 6) is 1.38. The highest BCUT2D eigenvalue weighted by atomic mass is 16.7. The van der Waals surface area contributed by atoms with Crippen LogP contribution in [-0.2, 0) is 34.9 Å². The smallest absolute Gasteiger partial charge is 0.340 e. The van der Waals surface area contributed by atoms with E-state index < -0.39 is 24.3 Å². The highest BCUT2D eigenvalue weighted by Crippen LogP contribution is 2.40. The summed E-state index contributed by atoms with van der Waals surface area (Å²) >= 11 is 0. The Kier molecular flexibility index (Phi) is 15.8. The highest BCUT2D eigenvalue weighted by Gasteiger charge is 2.34. The van der Waals surface area contributed by atoms with Gasteiger partial charge in [0.2, 0.25) is 0 Å². The van der Waals surface area contributed by atoms with Gasteiger partial charge in [-0.05, 0) is 131 Å². The number of esters is 1. The zero-order valence-electron chi connectivity index (χ0n) is 32.8. The molecule has 0 N–H and O–H groups in total. The van der Waals surface area contributed by atoms with E-state index in [9.17, 15) is 4.79 Å². The van der Waals surface area contributed by atoms with E-state index in [2.05, 4.69) is 39.8 Å². The van der Waals surface area contributed by atoms with E-state index in [4.69, 9.17) is 33.2 Å². The lowest BCUT2D eigenvalue weighted by molar-refractivity contribution is -0.177. The van der Waals surface area contributed by atoms with Crippen LogP contribution in [0.4, 0.5) is 0 Å². The molecule has 3 aromatic carbocycles. The van der Waals surface area contributed by atoms with Crippen molar-refractivity contribution >= 4 is 16.7 Å². The van der Waals surface area contributed by atoms with Crippen LogP contribution in [0.3, 0.4) is 0 Å². The summed E-state index contributed by atoms with van der Waals surface area (Å²) in [4.78, 5) is 13.8. The van der Waals surface area contributed by atoms with Gasteiger partial charge in [0.05, 0.1) is 0 Å². The van der Waals surface area contributed by atoms with Gasteiger partial charge in [0, 0.05) is 21.3 Å². The van der Waals surface area contributed by atoms with E-state index in [1.165, 1.54) is 11.1 Å². The van der Waals surface area contributed by atoms with Crippen molar-refractivity contribution in [3.8, 4) is 11.5 Å². The summed E-state index contributed by atoms with van der Waals surface area (Å²) < 4.78 is 40.8. The van der Waals surface area contributed by atoms with Crippen molar-refractivity contribution in [3.63, 3.8) is 0 Å². The predicted molar refractivity (Wildman–Crippen MR) is 207 cm³/mol. The number of carbonyl (C=O) groups is 1. The summed E-state index contributed by atoms with van der Waals surface area (Å²) in [7, 11) is 4.76. The number of benzene rings is 3. The number of carbonyl (C=O) groups excluding carboxylic acids is 1. The second-order valence-electron chi connectivity index (χ2n) is 14.7. The van der Waals surface area contributed by atoms with Crippen LogP contribution in [0.2, 0.25) is 0 Å². The lowest BCUT2D eigenvalue weighted by Gasteiger charge is -2.37. The number of hydrogen-bond donors (Lipinski definition) is 0. The molecule has 3 aromatic rings. The standard InChI is InChI=1S/C44H60O8/c1-30(2)24-39(50-29-47-8)41(51-43(45)42(48-9)36-20-19-34-17-10-11-18-35(34)26-36)32(4)16-12-14-31(3)15-13-22-44(6)23-21-37-27-38(49-28-46-7)25-33(5)40(37)52-44/h10-11,15,17-20,24-27,32,39,41-42H,12-14,16,21-23,28-29H2,1-9H3/b31-15+/t32-,39+,41-,42+,44+/m0/s1. The number of hydrogen-bond acceptors (Lipinski definition) is 8. The van der Waals surface area contributed by atoms with E-state index in [0.717, 1.165) is 83.9 Å².